The number of fused-ring (bicyclic) bond motifs is 1. The van der Waals surface area contributed by atoms with Crippen molar-refractivity contribution in [3.63, 3.8) is 0 Å². The van der Waals surface area contributed by atoms with Crippen LogP contribution < -0.4 is 10.6 Å². The fourth-order valence-electron chi connectivity index (χ4n) is 2.94. The highest BCUT2D eigenvalue weighted by atomic mass is 16.2. The Bertz CT molecular complexity index is 777. The molecule has 1 aliphatic rings. The van der Waals surface area contributed by atoms with Crippen LogP contribution in [0, 0.1) is 12.8 Å². The van der Waals surface area contributed by atoms with Gasteiger partial charge in [-0.25, -0.2) is 4.79 Å². The van der Waals surface area contributed by atoms with Crippen molar-refractivity contribution in [2.75, 3.05) is 25.0 Å². The number of carbonyl (C=O) groups excluding carboxylic acids is 2. The molecule has 2 aromatic rings. The number of anilines is 1. The minimum atomic E-state index is -0.191. The summed E-state index contributed by atoms with van der Waals surface area (Å²) in [4.78, 5) is 26.1. The molecule has 24 heavy (non-hydrogen) atoms. The van der Waals surface area contributed by atoms with Gasteiger partial charge in [0.15, 0.2) is 0 Å². The molecule has 2 N–H and O–H groups in total. The average molecular weight is 327 g/mol. The van der Waals surface area contributed by atoms with E-state index in [-0.39, 0.29) is 17.9 Å². The van der Waals surface area contributed by atoms with Crippen molar-refractivity contribution in [2.24, 2.45) is 5.92 Å². The van der Waals surface area contributed by atoms with Gasteiger partial charge in [0.25, 0.3) is 0 Å². The predicted octanol–water partition coefficient (Wildman–Crippen LogP) is 1.93. The van der Waals surface area contributed by atoms with Gasteiger partial charge in [0, 0.05) is 25.0 Å². The molecule has 2 heterocycles. The lowest BCUT2D eigenvalue weighted by Crippen LogP contribution is -2.36. The van der Waals surface area contributed by atoms with Crippen LogP contribution in [0.15, 0.2) is 24.3 Å². The van der Waals surface area contributed by atoms with E-state index in [1.807, 2.05) is 38.1 Å². The zero-order chi connectivity index (χ0) is 17.1. The summed E-state index contributed by atoms with van der Waals surface area (Å²) in [6.07, 6.45) is 0.694. The van der Waals surface area contributed by atoms with Crippen LogP contribution in [0.2, 0.25) is 0 Å². The molecule has 0 aliphatic carbocycles. The van der Waals surface area contributed by atoms with Crippen molar-refractivity contribution in [3.05, 3.63) is 30.0 Å². The van der Waals surface area contributed by atoms with Gasteiger partial charge in [0.05, 0.1) is 22.8 Å². The molecule has 126 valence electrons. The molecule has 0 bridgehead atoms. The second kappa shape index (κ2) is 6.82. The standard InChI is InChI=1S/C17H21N5O2/c1-3-18-16(23)12-7-8-22(10-12)17(24)19-14-5-4-6-15-13(14)9-11(2)20-21-15/h4-6,9,12H,3,7-8,10H2,1-2H3,(H,18,23)(H,19,24)/t12-/m1/s1. The van der Waals surface area contributed by atoms with Crippen molar-refractivity contribution >= 4 is 28.5 Å². The third kappa shape index (κ3) is 3.29. The first kappa shape index (κ1) is 16.2. The Kier molecular flexibility index (Phi) is 4.59. The topological polar surface area (TPSA) is 87.2 Å². The summed E-state index contributed by atoms with van der Waals surface area (Å²) in [5, 5.41) is 14.8. The van der Waals surface area contributed by atoms with Gasteiger partial charge in [-0.05, 0) is 38.5 Å². The molecule has 0 radical (unpaired) electrons. The van der Waals surface area contributed by atoms with Crippen molar-refractivity contribution < 1.29 is 9.59 Å². The van der Waals surface area contributed by atoms with E-state index in [2.05, 4.69) is 20.8 Å². The van der Waals surface area contributed by atoms with E-state index in [0.717, 1.165) is 16.6 Å². The molecule has 7 nitrogen and oxygen atoms in total. The van der Waals surface area contributed by atoms with E-state index in [1.54, 1.807) is 4.90 Å². The highest BCUT2D eigenvalue weighted by Gasteiger charge is 2.30. The number of carbonyl (C=O) groups is 2. The maximum Gasteiger partial charge on any atom is 0.321 e. The van der Waals surface area contributed by atoms with Crippen molar-refractivity contribution in [1.29, 1.82) is 0 Å². The number of benzene rings is 1. The number of rotatable bonds is 3. The SMILES string of the molecule is CCNC(=O)[C@@H]1CCN(C(=O)Nc2cccc3nnc(C)cc23)C1. The average Bonchev–Trinajstić information content (AvgIpc) is 3.06. The Morgan fingerprint density at radius 2 is 2.17 bits per heavy atom. The highest BCUT2D eigenvalue weighted by Crippen LogP contribution is 2.23. The van der Waals surface area contributed by atoms with Crippen molar-refractivity contribution in [1.82, 2.24) is 20.4 Å². The molecule has 1 atom stereocenters. The molecule has 3 rings (SSSR count). The molecule has 1 aromatic carbocycles. The first-order valence-electron chi connectivity index (χ1n) is 8.15. The van der Waals surface area contributed by atoms with Crippen LogP contribution in [0.4, 0.5) is 10.5 Å². The Labute approximate surface area is 140 Å². The molecular weight excluding hydrogens is 306 g/mol. The minimum Gasteiger partial charge on any atom is -0.356 e. The fraction of sp³-hybridized carbons (Fsp3) is 0.412. The largest absolute Gasteiger partial charge is 0.356 e. The number of likely N-dealkylation sites (tertiary alicyclic amines) is 1. The van der Waals surface area contributed by atoms with Gasteiger partial charge >= 0.3 is 6.03 Å². The lowest BCUT2D eigenvalue weighted by Gasteiger charge is -2.18. The Morgan fingerprint density at radius 1 is 1.33 bits per heavy atom. The Balaban J connectivity index is 1.72. The summed E-state index contributed by atoms with van der Waals surface area (Å²) in [6.45, 7) is 5.39. The zero-order valence-corrected chi connectivity index (χ0v) is 13.9. The molecule has 1 fully saturated rings. The van der Waals surface area contributed by atoms with Gasteiger partial charge in [-0.1, -0.05) is 6.07 Å². The number of amides is 3. The fourth-order valence-corrected chi connectivity index (χ4v) is 2.94. The maximum atomic E-state index is 12.5. The van der Waals surface area contributed by atoms with E-state index in [0.29, 0.717) is 31.7 Å². The van der Waals surface area contributed by atoms with Gasteiger partial charge < -0.3 is 15.5 Å². The minimum absolute atomic E-state index is 0.0175. The predicted molar refractivity (Wildman–Crippen MR) is 91.7 cm³/mol. The monoisotopic (exact) mass is 327 g/mol. The van der Waals surface area contributed by atoms with Crippen LogP contribution in [0.1, 0.15) is 19.0 Å². The summed E-state index contributed by atoms with van der Waals surface area (Å²) >= 11 is 0. The van der Waals surface area contributed by atoms with Crippen LogP contribution in [0.5, 0.6) is 0 Å². The van der Waals surface area contributed by atoms with Crippen LogP contribution in [0.3, 0.4) is 0 Å². The second-order valence-electron chi connectivity index (χ2n) is 5.98. The maximum absolute atomic E-state index is 12.5. The molecule has 7 heteroatoms. The molecule has 3 amide bonds. The van der Waals surface area contributed by atoms with Gasteiger partial charge in [0.1, 0.15) is 0 Å². The number of hydrogen-bond donors (Lipinski definition) is 2. The summed E-state index contributed by atoms with van der Waals surface area (Å²) in [5.41, 5.74) is 2.23. The smallest absolute Gasteiger partial charge is 0.321 e. The first-order chi connectivity index (χ1) is 11.6. The molecular formula is C17H21N5O2. The number of nitrogens with one attached hydrogen (secondary N) is 2. The normalized spacial score (nSPS) is 17.1. The van der Waals surface area contributed by atoms with Gasteiger partial charge in [-0.3, -0.25) is 4.79 Å². The Hall–Kier alpha value is -2.70. The number of aromatic nitrogens is 2. The molecule has 0 spiro atoms. The quantitative estimate of drug-likeness (QED) is 0.902. The summed E-state index contributed by atoms with van der Waals surface area (Å²) in [7, 11) is 0. The van der Waals surface area contributed by atoms with Crippen molar-refractivity contribution in [3.8, 4) is 0 Å². The second-order valence-corrected chi connectivity index (χ2v) is 5.98. The zero-order valence-electron chi connectivity index (χ0n) is 13.9. The van der Waals surface area contributed by atoms with E-state index in [1.165, 1.54) is 0 Å². The summed E-state index contributed by atoms with van der Waals surface area (Å²) in [6, 6.07) is 7.25. The number of nitrogens with zero attached hydrogens (tertiary/aromatic N) is 3. The van der Waals surface area contributed by atoms with Crippen LogP contribution in [0.25, 0.3) is 10.9 Å². The van der Waals surface area contributed by atoms with E-state index in [9.17, 15) is 9.59 Å². The molecule has 1 aliphatic heterocycles. The van der Waals surface area contributed by atoms with E-state index >= 15 is 0 Å². The van der Waals surface area contributed by atoms with E-state index < -0.39 is 0 Å². The third-order valence-electron chi connectivity index (χ3n) is 4.19. The highest BCUT2D eigenvalue weighted by molar-refractivity contribution is 6.00. The van der Waals surface area contributed by atoms with Crippen LogP contribution in [-0.4, -0.2) is 46.7 Å². The lowest BCUT2D eigenvalue weighted by molar-refractivity contribution is -0.124. The number of hydrogen-bond acceptors (Lipinski definition) is 4. The number of urea groups is 1. The molecule has 1 aromatic heterocycles. The van der Waals surface area contributed by atoms with E-state index in [4.69, 9.17) is 0 Å². The van der Waals surface area contributed by atoms with Crippen LogP contribution >= 0.6 is 0 Å². The van der Waals surface area contributed by atoms with Crippen LogP contribution in [-0.2, 0) is 4.79 Å². The van der Waals surface area contributed by atoms with Crippen molar-refractivity contribution in [2.45, 2.75) is 20.3 Å². The molecule has 0 unspecified atom stereocenters. The van der Waals surface area contributed by atoms with Gasteiger partial charge in [0.2, 0.25) is 5.91 Å². The molecule has 0 saturated carbocycles. The number of aryl methyl sites for hydroxylation is 1. The summed E-state index contributed by atoms with van der Waals surface area (Å²) < 4.78 is 0. The lowest BCUT2D eigenvalue weighted by atomic mass is 10.1. The Morgan fingerprint density at radius 3 is 2.96 bits per heavy atom. The van der Waals surface area contributed by atoms with Gasteiger partial charge in [-0.2, -0.15) is 10.2 Å². The van der Waals surface area contributed by atoms with Gasteiger partial charge in [-0.15, -0.1) is 0 Å². The third-order valence-corrected chi connectivity index (χ3v) is 4.19. The first-order valence-corrected chi connectivity index (χ1v) is 8.15. The summed E-state index contributed by atoms with van der Waals surface area (Å²) in [5.74, 6) is -0.111. The molecule has 1 saturated heterocycles.